The van der Waals surface area contributed by atoms with Gasteiger partial charge in [0.05, 0.1) is 11.1 Å². The topological polar surface area (TPSA) is 73.5 Å². The van der Waals surface area contributed by atoms with Crippen molar-refractivity contribution in [3.8, 4) is 0 Å². The molecule has 1 saturated carbocycles. The number of carbonyl (C=O) groups excluding carboxylic acids is 2. The third-order valence-corrected chi connectivity index (χ3v) is 6.39. The molecule has 0 radical (unpaired) electrons. The van der Waals surface area contributed by atoms with Gasteiger partial charge in [0.15, 0.2) is 0 Å². The molecule has 2 aliphatic rings. The highest BCUT2D eigenvalue weighted by atomic mass is 19.1. The summed E-state index contributed by atoms with van der Waals surface area (Å²) in [5.41, 5.74) is 0.435. The fourth-order valence-corrected chi connectivity index (χ4v) is 4.72. The maximum Gasteiger partial charge on any atom is 0.254 e. The maximum atomic E-state index is 14.3. The van der Waals surface area contributed by atoms with E-state index in [0.29, 0.717) is 49.5 Å². The van der Waals surface area contributed by atoms with Crippen LogP contribution in [0.2, 0.25) is 0 Å². The summed E-state index contributed by atoms with van der Waals surface area (Å²) < 4.78 is 14.3. The molecular formula is C23H28FN3O3. The molecule has 160 valence electrons. The second kappa shape index (κ2) is 8.58. The predicted molar refractivity (Wildman–Crippen MR) is 113 cm³/mol. The standard InChI is InChI=1S/C23H28FN3O3/c1-15-11-17-18(14-20(28)25-22(17)19(24)12-15)23(30)27-9-7-26(8-10-27)21(29)13-16-5-3-2-4-6-16/h11-12,14,16H,2-10,13H2,1H3,(H,25,28). The first-order valence-corrected chi connectivity index (χ1v) is 10.8. The van der Waals surface area contributed by atoms with Gasteiger partial charge in [0.1, 0.15) is 5.82 Å². The van der Waals surface area contributed by atoms with Crippen molar-refractivity contribution in [2.45, 2.75) is 45.4 Å². The zero-order valence-corrected chi connectivity index (χ0v) is 17.4. The maximum absolute atomic E-state index is 14.3. The van der Waals surface area contributed by atoms with Crippen LogP contribution in [0.25, 0.3) is 10.9 Å². The van der Waals surface area contributed by atoms with Gasteiger partial charge in [0.2, 0.25) is 11.5 Å². The van der Waals surface area contributed by atoms with Crippen LogP contribution in [-0.4, -0.2) is 52.8 Å². The van der Waals surface area contributed by atoms with Gasteiger partial charge in [-0.3, -0.25) is 14.4 Å². The van der Waals surface area contributed by atoms with Crippen LogP contribution < -0.4 is 5.56 Å². The van der Waals surface area contributed by atoms with Crippen LogP contribution >= 0.6 is 0 Å². The Labute approximate surface area is 175 Å². The van der Waals surface area contributed by atoms with Crippen LogP contribution in [0.5, 0.6) is 0 Å². The Balaban J connectivity index is 1.46. The SMILES string of the molecule is Cc1cc(F)c2[nH]c(=O)cc(C(=O)N3CCN(C(=O)CC4CCCCC4)CC3)c2c1. The quantitative estimate of drug-likeness (QED) is 0.840. The van der Waals surface area contributed by atoms with Gasteiger partial charge in [-0.15, -0.1) is 0 Å². The summed E-state index contributed by atoms with van der Waals surface area (Å²) >= 11 is 0. The molecule has 0 spiro atoms. The van der Waals surface area contributed by atoms with Gasteiger partial charge in [-0.1, -0.05) is 19.3 Å². The van der Waals surface area contributed by atoms with Crippen molar-refractivity contribution in [1.29, 1.82) is 0 Å². The summed E-state index contributed by atoms with van der Waals surface area (Å²) in [6.07, 6.45) is 6.57. The minimum atomic E-state index is -0.546. The van der Waals surface area contributed by atoms with E-state index in [9.17, 15) is 18.8 Å². The van der Waals surface area contributed by atoms with E-state index in [1.54, 1.807) is 17.9 Å². The first-order chi connectivity index (χ1) is 14.4. The number of amides is 2. The molecule has 6 nitrogen and oxygen atoms in total. The Kier molecular flexibility index (Phi) is 5.88. The third-order valence-electron chi connectivity index (χ3n) is 6.39. The Morgan fingerprint density at radius 1 is 1.03 bits per heavy atom. The lowest BCUT2D eigenvalue weighted by atomic mass is 9.86. The number of rotatable bonds is 3. The number of hydrogen-bond acceptors (Lipinski definition) is 3. The average molecular weight is 413 g/mol. The first-order valence-electron chi connectivity index (χ1n) is 10.8. The van der Waals surface area contributed by atoms with Gasteiger partial charge < -0.3 is 14.8 Å². The van der Waals surface area contributed by atoms with E-state index in [-0.39, 0.29) is 22.9 Å². The summed E-state index contributed by atoms with van der Waals surface area (Å²) in [7, 11) is 0. The van der Waals surface area contributed by atoms with E-state index in [0.717, 1.165) is 12.8 Å². The minimum Gasteiger partial charge on any atom is -0.339 e. The number of aromatic amines is 1. The highest BCUT2D eigenvalue weighted by Crippen LogP contribution is 2.27. The molecule has 1 aromatic heterocycles. The Hall–Kier alpha value is -2.70. The minimum absolute atomic E-state index is 0.0535. The first kappa shape index (κ1) is 20.6. The molecule has 2 fully saturated rings. The number of piperazine rings is 1. The zero-order chi connectivity index (χ0) is 21.3. The number of fused-ring (bicyclic) bond motifs is 1. The highest BCUT2D eigenvalue weighted by molar-refractivity contribution is 6.06. The second-order valence-electron chi connectivity index (χ2n) is 8.60. The van der Waals surface area contributed by atoms with Crippen molar-refractivity contribution in [1.82, 2.24) is 14.8 Å². The van der Waals surface area contributed by atoms with E-state index < -0.39 is 11.4 Å². The largest absolute Gasteiger partial charge is 0.339 e. The normalized spacial score (nSPS) is 18.1. The number of H-pyrrole nitrogens is 1. The van der Waals surface area contributed by atoms with E-state index in [4.69, 9.17) is 0 Å². The van der Waals surface area contributed by atoms with Gasteiger partial charge in [-0.05, 0) is 43.4 Å². The molecule has 0 bridgehead atoms. The lowest BCUT2D eigenvalue weighted by molar-refractivity contribution is -0.133. The fourth-order valence-electron chi connectivity index (χ4n) is 4.72. The zero-order valence-electron chi connectivity index (χ0n) is 17.4. The van der Waals surface area contributed by atoms with E-state index in [1.807, 2.05) is 4.90 Å². The van der Waals surface area contributed by atoms with Crippen LogP contribution in [0.1, 0.15) is 54.4 Å². The molecule has 30 heavy (non-hydrogen) atoms. The molecule has 0 atom stereocenters. The summed E-state index contributed by atoms with van der Waals surface area (Å²) in [4.78, 5) is 43.8. The van der Waals surface area contributed by atoms with Gasteiger partial charge in [-0.25, -0.2) is 4.39 Å². The molecule has 1 saturated heterocycles. The van der Waals surface area contributed by atoms with Crippen molar-refractivity contribution in [2.75, 3.05) is 26.2 Å². The molecule has 4 rings (SSSR count). The Bertz CT molecular complexity index is 1020. The van der Waals surface area contributed by atoms with Crippen LogP contribution in [0.4, 0.5) is 4.39 Å². The molecule has 1 N–H and O–H groups in total. The number of benzene rings is 1. The van der Waals surface area contributed by atoms with E-state index in [1.165, 1.54) is 31.4 Å². The molecule has 1 aromatic carbocycles. The molecule has 2 aromatic rings. The number of hydrogen-bond donors (Lipinski definition) is 1. The van der Waals surface area contributed by atoms with Crippen molar-refractivity contribution >= 4 is 22.7 Å². The summed E-state index contributed by atoms with van der Waals surface area (Å²) in [6, 6.07) is 4.29. The number of aryl methyl sites for hydroxylation is 1. The number of aromatic nitrogens is 1. The van der Waals surface area contributed by atoms with E-state index >= 15 is 0 Å². The molecule has 2 heterocycles. The lowest BCUT2D eigenvalue weighted by Crippen LogP contribution is -2.51. The molecule has 1 aliphatic heterocycles. The number of nitrogens with zero attached hydrogens (tertiary/aromatic N) is 2. The summed E-state index contributed by atoms with van der Waals surface area (Å²) in [5, 5.41) is 0.410. The number of nitrogens with one attached hydrogen (secondary N) is 1. The predicted octanol–water partition coefficient (Wildman–Crippen LogP) is 3.23. The van der Waals surface area contributed by atoms with Gasteiger partial charge in [0.25, 0.3) is 5.91 Å². The smallest absolute Gasteiger partial charge is 0.254 e. The molecule has 0 unspecified atom stereocenters. The number of carbonyl (C=O) groups is 2. The van der Waals surface area contributed by atoms with Crippen molar-refractivity contribution in [3.63, 3.8) is 0 Å². The van der Waals surface area contributed by atoms with Crippen LogP contribution in [0.15, 0.2) is 23.0 Å². The van der Waals surface area contributed by atoms with E-state index in [2.05, 4.69) is 4.98 Å². The second-order valence-corrected chi connectivity index (χ2v) is 8.60. The molecule has 7 heteroatoms. The van der Waals surface area contributed by atoms with Crippen molar-refractivity contribution in [3.05, 3.63) is 45.5 Å². The Morgan fingerprint density at radius 3 is 2.40 bits per heavy atom. The van der Waals surface area contributed by atoms with Crippen LogP contribution in [0, 0.1) is 18.7 Å². The third kappa shape index (κ3) is 4.25. The average Bonchev–Trinajstić information content (AvgIpc) is 2.74. The summed E-state index contributed by atoms with van der Waals surface area (Å²) in [5.74, 6) is -0.176. The van der Waals surface area contributed by atoms with Gasteiger partial charge in [0, 0.05) is 44.1 Å². The number of halogens is 1. The lowest BCUT2D eigenvalue weighted by Gasteiger charge is -2.36. The Morgan fingerprint density at radius 2 is 1.70 bits per heavy atom. The van der Waals surface area contributed by atoms with Crippen molar-refractivity contribution in [2.24, 2.45) is 5.92 Å². The highest BCUT2D eigenvalue weighted by Gasteiger charge is 2.28. The van der Waals surface area contributed by atoms with Crippen molar-refractivity contribution < 1.29 is 14.0 Å². The van der Waals surface area contributed by atoms with Gasteiger partial charge >= 0.3 is 0 Å². The molecule has 2 amide bonds. The molecular weight excluding hydrogens is 385 g/mol. The summed E-state index contributed by atoms with van der Waals surface area (Å²) in [6.45, 7) is 3.56. The molecule has 1 aliphatic carbocycles. The number of pyridine rings is 1. The van der Waals surface area contributed by atoms with Crippen LogP contribution in [-0.2, 0) is 4.79 Å². The van der Waals surface area contributed by atoms with Crippen LogP contribution in [0.3, 0.4) is 0 Å². The fraction of sp³-hybridized carbons (Fsp3) is 0.522. The van der Waals surface area contributed by atoms with Gasteiger partial charge in [-0.2, -0.15) is 0 Å². The monoisotopic (exact) mass is 413 g/mol.